The van der Waals surface area contributed by atoms with Crippen LogP contribution in [0.3, 0.4) is 0 Å². The van der Waals surface area contributed by atoms with Crippen molar-refractivity contribution < 1.29 is 9.47 Å². The van der Waals surface area contributed by atoms with Gasteiger partial charge in [-0.05, 0) is 46.9 Å². The number of rotatable bonds is 8. The Morgan fingerprint density at radius 3 is 2.00 bits per heavy atom. The minimum absolute atomic E-state index is 0.245. The van der Waals surface area contributed by atoms with Gasteiger partial charge in [-0.1, -0.05) is 77.1 Å². The maximum absolute atomic E-state index is 6.05. The third kappa shape index (κ3) is 6.17. The molecular weight excluding hydrogens is 320 g/mol. The van der Waals surface area contributed by atoms with Gasteiger partial charge in [-0.2, -0.15) is 0 Å². The highest BCUT2D eigenvalue weighted by atomic mass is 16.7. The summed E-state index contributed by atoms with van der Waals surface area (Å²) < 4.78 is 11.6. The standard InChI is InChI=1S/C24H34O2/c1-18(2)16-22(24(3,4)5)20-12-14-21(15-13-20)26-23(25-6)17-19-10-8-7-9-11-19/h7-15,18,22-23H,16-17H2,1-6H3. The maximum atomic E-state index is 6.05. The highest BCUT2D eigenvalue weighted by Crippen LogP contribution is 2.40. The van der Waals surface area contributed by atoms with Crippen LogP contribution in [0.1, 0.15) is 58.1 Å². The van der Waals surface area contributed by atoms with E-state index in [1.54, 1.807) is 7.11 Å². The molecule has 0 radical (unpaired) electrons. The molecule has 0 aliphatic carbocycles. The summed E-state index contributed by atoms with van der Waals surface area (Å²) in [6.45, 7) is 11.6. The van der Waals surface area contributed by atoms with Crippen LogP contribution in [-0.2, 0) is 11.2 Å². The van der Waals surface area contributed by atoms with Gasteiger partial charge in [0.15, 0.2) is 0 Å². The topological polar surface area (TPSA) is 18.5 Å². The molecule has 2 aromatic rings. The van der Waals surface area contributed by atoms with Crippen molar-refractivity contribution >= 4 is 0 Å². The van der Waals surface area contributed by atoms with Gasteiger partial charge in [-0.25, -0.2) is 0 Å². The summed E-state index contributed by atoms with van der Waals surface area (Å²) in [7, 11) is 1.69. The average Bonchev–Trinajstić information content (AvgIpc) is 2.60. The Hall–Kier alpha value is -1.80. The van der Waals surface area contributed by atoms with Crippen molar-refractivity contribution in [1.82, 2.24) is 0 Å². The van der Waals surface area contributed by atoms with Gasteiger partial charge in [0.1, 0.15) is 5.75 Å². The van der Waals surface area contributed by atoms with Gasteiger partial charge in [0.2, 0.25) is 6.29 Å². The third-order valence-electron chi connectivity index (χ3n) is 4.81. The quantitative estimate of drug-likeness (QED) is 0.507. The first-order valence-electron chi connectivity index (χ1n) is 9.63. The molecule has 0 saturated heterocycles. The summed E-state index contributed by atoms with van der Waals surface area (Å²) >= 11 is 0. The molecule has 2 rings (SSSR count). The second-order valence-electron chi connectivity index (χ2n) is 8.59. The molecule has 2 unspecified atom stereocenters. The van der Waals surface area contributed by atoms with E-state index in [0.717, 1.165) is 12.2 Å². The van der Waals surface area contributed by atoms with Gasteiger partial charge in [0, 0.05) is 13.5 Å². The van der Waals surface area contributed by atoms with Crippen molar-refractivity contribution in [3.8, 4) is 5.75 Å². The minimum atomic E-state index is -0.280. The van der Waals surface area contributed by atoms with E-state index in [4.69, 9.17) is 9.47 Å². The zero-order chi connectivity index (χ0) is 19.2. The van der Waals surface area contributed by atoms with Crippen molar-refractivity contribution in [3.63, 3.8) is 0 Å². The molecule has 142 valence electrons. The van der Waals surface area contributed by atoms with Crippen LogP contribution in [0, 0.1) is 11.3 Å². The molecule has 0 N–H and O–H groups in total. The van der Waals surface area contributed by atoms with Crippen LogP contribution in [-0.4, -0.2) is 13.4 Å². The molecule has 2 nitrogen and oxygen atoms in total. The predicted molar refractivity (Wildman–Crippen MR) is 110 cm³/mol. The Morgan fingerprint density at radius 1 is 0.885 bits per heavy atom. The Morgan fingerprint density at radius 2 is 1.50 bits per heavy atom. The summed E-state index contributed by atoms with van der Waals surface area (Å²) in [4.78, 5) is 0. The first-order valence-corrected chi connectivity index (χ1v) is 9.63. The molecule has 0 saturated carbocycles. The highest BCUT2D eigenvalue weighted by molar-refractivity contribution is 5.30. The molecule has 0 bridgehead atoms. The molecule has 2 heteroatoms. The molecule has 0 fully saturated rings. The van der Waals surface area contributed by atoms with Crippen molar-refractivity contribution in [2.75, 3.05) is 7.11 Å². The smallest absolute Gasteiger partial charge is 0.203 e. The average molecular weight is 355 g/mol. The summed E-state index contributed by atoms with van der Waals surface area (Å²) in [5.41, 5.74) is 2.84. The number of methoxy groups -OCH3 is 1. The third-order valence-corrected chi connectivity index (χ3v) is 4.81. The number of hydrogen-bond acceptors (Lipinski definition) is 2. The van der Waals surface area contributed by atoms with E-state index in [-0.39, 0.29) is 11.7 Å². The fraction of sp³-hybridized carbons (Fsp3) is 0.500. The lowest BCUT2D eigenvalue weighted by Crippen LogP contribution is -2.22. The fourth-order valence-corrected chi connectivity index (χ4v) is 3.37. The molecule has 2 aromatic carbocycles. The van der Waals surface area contributed by atoms with Crippen molar-refractivity contribution in [2.24, 2.45) is 11.3 Å². The maximum Gasteiger partial charge on any atom is 0.203 e. The molecule has 0 aromatic heterocycles. The second kappa shape index (κ2) is 9.23. The van der Waals surface area contributed by atoms with E-state index < -0.39 is 0 Å². The molecular formula is C24H34O2. The Balaban J connectivity index is 2.07. The molecule has 0 heterocycles. The number of hydrogen-bond donors (Lipinski definition) is 0. The van der Waals surface area contributed by atoms with Gasteiger partial charge >= 0.3 is 0 Å². The summed E-state index contributed by atoms with van der Waals surface area (Å²) in [5, 5.41) is 0. The first kappa shape index (κ1) is 20.5. The SMILES string of the molecule is COC(Cc1ccccc1)Oc1ccc(C(CC(C)C)C(C)(C)C)cc1. The lowest BCUT2D eigenvalue weighted by molar-refractivity contribution is -0.0520. The van der Waals surface area contributed by atoms with Crippen LogP contribution in [0.4, 0.5) is 0 Å². The van der Waals surface area contributed by atoms with E-state index in [0.29, 0.717) is 11.8 Å². The largest absolute Gasteiger partial charge is 0.465 e. The van der Waals surface area contributed by atoms with Crippen LogP contribution in [0.25, 0.3) is 0 Å². The van der Waals surface area contributed by atoms with Crippen LogP contribution < -0.4 is 4.74 Å². The van der Waals surface area contributed by atoms with Gasteiger partial charge in [-0.15, -0.1) is 0 Å². The molecule has 0 spiro atoms. The van der Waals surface area contributed by atoms with E-state index >= 15 is 0 Å². The molecule has 2 atom stereocenters. The van der Waals surface area contributed by atoms with E-state index in [1.165, 1.54) is 17.5 Å². The molecule has 0 aliphatic rings. The van der Waals surface area contributed by atoms with Gasteiger partial charge in [0.25, 0.3) is 0 Å². The zero-order valence-electron chi connectivity index (χ0n) is 17.2. The second-order valence-corrected chi connectivity index (χ2v) is 8.59. The Labute approximate surface area is 159 Å². The van der Waals surface area contributed by atoms with Crippen molar-refractivity contribution in [2.45, 2.75) is 59.7 Å². The van der Waals surface area contributed by atoms with Crippen LogP contribution in [0.5, 0.6) is 5.75 Å². The Kier molecular flexibility index (Phi) is 7.28. The van der Waals surface area contributed by atoms with E-state index in [9.17, 15) is 0 Å². The summed E-state index contributed by atoms with van der Waals surface area (Å²) in [5.74, 6) is 2.08. The lowest BCUT2D eigenvalue weighted by Gasteiger charge is -2.32. The van der Waals surface area contributed by atoms with E-state index in [1.807, 2.05) is 18.2 Å². The van der Waals surface area contributed by atoms with Gasteiger partial charge < -0.3 is 9.47 Å². The lowest BCUT2D eigenvalue weighted by atomic mass is 9.72. The normalized spacial score (nSPS) is 14.3. The predicted octanol–water partition coefficient (Wildman–Crippen LogP) is 6.46. The zero-order valence-corrected chi connectivity index (χ0v) is 17.2. The van der Waals surface area contributed by atoms with E-state index in [2.05, 4.69) is 71.0 Å². The highest BCUT2D eigenvalue weighted by Gasteiger charge is 2.27. The van der Waals surface area contributed by atoms with Gasteiger partial charge in [-0.3, -0.25) is 0 Å². The first-order chi connectivity index (χ1) is 12.3. The monoisotopic (exact) mass is 354 g/mol. The van der Waals surface area contributed by atoms with Gasteiger partial charge in [0.05, 0.1) is 0 Å². The fourth-order valence-electron chi connectivity index (χ4n) is 3.37. The van der Waals surface area contributed by atoms with Crippen LogP contribution in [0.2, 0.25) is 0 Å². The van der Waals surface area contributed by atoms with Crippen LogP contribution >= 0.6 is 0 Å². The van der Waals surface area contributed by atoms with Crippen molar-refractivity contribution in [1.29, 1.82) is 0 Å². The number of benzene rings is 2. The summed E-state index contributed by atoms with van der Waals surface area (Å²) in [6.07, 6.45) is 1.65. The molecule has 0 aliphatic heterocycles. The summed E-state index contributed by atoms with van der Waals surface area (Å²) in [6, 6.07) is 18.9. The Bertz CT molecular complexity index is 638. The van der Waals surface area contributed by atoms with Crippen molar-refractivity contribution in [3.05, 3.63) is 65.7 Å². The molecule has 26 heavy (non-hydrogen) atoms. The molecule has 0 amide bonds. The minimum Gasteiger partial charge on any atom is -0.465 e. The number of ether oxygens (including phenoxy) is 2. The van der Waals surface area contributed by atoms with Crippen LogP contribution in [0.15, 0.2) is 54.6 Å².